The molecule has 0 saturated heterocycles. The van der Waals surface area contributed by atoms with E-state index in [2.05, 4.69) is 15.3 Å². The van der Waals surface area contributed by atoms with Crippen molar-refractivity contribution in [3.05, 3.63) is 58.9 Å². The first-order valence-corrected chi connectivity index (χ1v) is 5.89. The number of carbonyl (C=O) groups is 1. The number of carbonyl (C=O) groups excluding carboxylic acids is 1. The molecule has 0 atom stereocenters. The molecule has 0 radical (unpaired) electrons. The van der Waals surface area contributed by atoms with Crippen molar-refractivity contribution in [1.82, 2.24) is 15.3 Å². The van der Waals surface area contributed by atoms with Gasteiger partial charge in [-0.1, -0.05) is 0 Å². The molecule has 1 amide bonds. The van der Waals surface area contributed by atoms with Crippen LogP contribution in [0, 0.1) is 19.7 Å². The maximum atomic E-state index is 13.3. The van der Waals surface area contributed by atoms with Gasteiger partial charge in [0.25, 0.3) is 5.91 Å². The number of nitrogens with zero attached hydrogens (tertiary/aromatic N) is 2. The second-order valence-corrected chi connectivity index (χ2v) is 4.25. The van der Waals surface area contributed by atoms with Crippen LogP contribution in [0.3, 0.4) is 0 Å². The van der Waals surface area contributed by atoms with Crippen LogP contribution in [0.2, 0.25) is 0 Å². The third-order valence-electron chi connectivity index (χ3n) is 2.59. The highest BCUT2D eigenvalue weighted by atomic mass is 19.1. The van der Waals surface area contributed by atoms with Crippen molar-refractivity contribution < 1.29 is 9.18 Å². The Morgan fingerprint density at radius 3 is 2.63 bits per heavy atom. The third-order valence-corrected chi connectivity index (χ3v) is 2.59. The minimum atomic E-state index is -0.426. The van der Waals surface area contributed by atoms with Crippen LogP contribution in [0.1, 0.15) is 27.4 Å². The van der Waals surface area contributed by atoms with E-state index in [1.807, 2.05) is 13.8 Å². The minimum Gasteiger partial charge on any atom is -0.346 e. The van der Waals surface area contributed by atoms with Crippen molar-refractivity contribution in [2.75, 3.05) is 0 Å². The van der Waals surface area contributed by atoms with Crippen LogP contribution >= 0.6 is 0 Å². The van der Waals surface area contributed by atoms with Crippen molar-refractivity contribution in [1.29, 1.82) is 0 Å². The lowest BCUT2D eigenvalue weighted by molar-refractivity contribution is 0.0949. The first-order valence-electron chi connectivity index (χ1n) is 5.89. The molecule has 0 bridgehead atoms. The topological polar surface area (TPSA) is 54.9 Å². The summed E-state index contributed by atoms with van der Waals surface area (Å²) < 4.78 is 13.3. The van der Waals surface area contributed by atoms with Gasteiger partial charge in [-0.25, -0.2) is 4.39 Å². The van der Waals surface area contributed by atoms with E-state index < -0.39 is 5.82 Å². The Balaban J connectivity index is 2.08. The Hall–Kier alpha value is -2.30. The van der Waals surface area contributed by atoms with Gasteiger partial charge in [0.2, 0.25) is 0 Å². The lowest BCUT2D eigenvalue weighted by Gasteiger charge is -2.07. The molecule has 2 rings (SSSR count). The van der Waals surface area contributed by atoms with Crippen LogP contribution in [-0.2, 0) is 6.54 Å². The molecule has 2 heterocycles. The van der Waals surface area contributed by atoms with Gasteiger partial charge in [-0.05, 0) is 38.1 Å². The molecule has 2 aromatic heterocycles. The molecule has 0 unspecified atom stereocenters. The zero-order valence-electron chi connectivity index (χ0n) is 10.8. The van der Waals surface area contributed by atoms with Gasteiger partial charge in [-0.3, -0.25) is 14.8 Å². The molecule has 0 saturated carbocycles. The minimum absolute atomic E-state index is 0.0614. The van der Waals surface area contributed by atoms with Gasteiger partial charge in [0.15, 0.2) is 0 Å². The molecule has 0 aliphatic rings. The Bertz CT molecular complexity index is 593. The van der Waals surface area contributed by atoms with E-state index in [9.17, 15) is 9.18 Å². The number of hydrogen-bond acceptors (Lipinski definition) is 3. The van der Waals surface area contributed by atoms with Crippen LogP contribution < -0.4 is 5.32 Å². The van der Waals surface area contributed by atoms with E-state index in [1.54, 1.807) is 12.1 Å². The normalized spacial score (nSPS) is 10.3. The number of rotatable bonds is 3. The van der Waals surface area contributed by atoms with Crippen LogP contribution in [-0.4, -0.2) is 15.9 Å². The van der Waals surface area contributed by atoms with Crippen LogP contribution in [0.25, 0.3) is 0 Å². The molecule has 1 N–H and O–H groups in total. The zero-order chi connectivity index (χ0) is 13.8. The van der Waals surface area contributed by atoms with Gasteiger partial charge in [-0.2, -0.15) is 0 Å². The summed E-state index contributed by atoms with van der Waals surface area (Å²) in [6.45, 7) is 3.70. The summed E-state index contributed by atoms with van der Waals surface area (Å²) in [5, 5.41) is 2.64. The van der Waals surface area contributed by atoms with Crippen LogP contribution in [0.5, 0.6) is 0 Å². The molecule has 2 aromatic rings. The predicted molar refractivity (Wildman–Crippen MR) is 69.1 cm³/mol. The summed E-state index contributed by atoms with van der Waals surface area (Å²) >= 11 is 0. The predicted octanol–water partition coefficient (Wildman–Crippen LogP) is 2.16. The Kier molecular flexibility index (Phi) is 3.85. The van der Waals surface area contributed by atoms with Crippen molar-refractivity contribution in [2.24, 2.45) is 0 Å². The third kappa shape index (κ3) is 3.34. The number of aromatic nitrogens is 2. The fraction of sp³-hybridized carbons (Fsp3) is 0.214. The van der Waals surface area contributed by atoms with E-state index >= 15 is 0 Å². The second kappa shape index (κ2) is 5.56. The average Bonchev–Trinajstić information content (AvgIpc) is 2.36. The quantitative estimate of drug-likeness (QED) is 0.919. The molecule has 4 nitrogen and oxygen atoms in total. The van der Waals surface area contributed by atoms with Crippen LogP contribution in [0.4, 0.5) is 4.39 Å². The molecular weight excluding hydrogens is 245 g/mol. The van der Waals surface area contributed by atoms with Gasteiger partial charge in [0, 0.05) is 23.1 Å². The fourth-order valence-corrected chi connectivity index (χ4v) is 1.78. The van der Waals surface area contributed by atoms with Crippen molar-refractivity contribution in [3.63, 3.8) is 0 Å². The zero-order valence-corrected chi connectivity index (χ0v) is 10.8. The highest BCUT2D eigenvalue weighted by Gasteiger charge is 2.09. The number of nitrogens with one attached hydrogen (secondary N) is 1. The van der Waals surface area contributed by atoms with Crippen molar-refractivity contribution in [3.8, 4) is 0 Å². The second-order valence-electron chi connectivity index (χ2n) is 4.25. The maximum Gasteiger partial charge on any atom is 0.251 e. The van der Waals surface area contributed by atoms with E-state index in [-0.39, 0.29) is 18.1 Å². The molecule has 19 heavy (non-hydrogen) atoms. The summed E-state index contributed by atoms with van der Waals surface area (Å²) in [5.41, 5.74) is 2.28. The van der Waals surface area contributed by atoms with E-state index in [0.717, 1.165) is 11.4 Å². The Labute approximate surface area is 110 Å². The van der Waals surface area contributed by atoms with Gasteiger partial charge < -0.3 is 5.32 Å². The highest BCUT2D eigenvalue weighted by Crippen LogP contribution is 2.06. The molecule has 98 valence electrons. The number of amides is 1. The monoisotopic (exact) mass is 259 g/mol. The standard InChI is InChI=1S/C14H14FN3O/c1-9-6-11(7-10(2)18-9)14(19)17-8-13-12(15)4-3-5-16-13/h3-7H,8H2,1-2H3,(H,17,19). The van der Waals surface area contributed by atoms with Gasteiger partial charge >= 0.3 is 0 Å². The Morgan fingerprint density at radius 1 is 1.32 bits per heavy atom. The molecule has 0 aromatic carbocycles. The number of halogens is 1. The summed E-state index contributed by atoms with van der Waals surface area (Å²) in [5.74, 6) is -0.691. The van der Waals surface area contributed by atoms with Crippen LogP contribution in [0.15, 0.2) is 30.5 Å². The lowest BCUT2D eigenvalue weighted by atomic mass is 10.2. The summed E-state index contributed by atoms with van der Waals surface area (Å²) in [6.07, 6.45) is 1.49. The van der Waals surface area contributed by atoms with E-state index in [1.165, 1.54) is 18.3 Å². The highest BCUT2D eigenvalue weighted by molar-refractivity contribution is 5.94. The SMILES string of the molecule is Cc1cc(C(=O)NCc2ncccc2F)cc(C)n1. The van der Waals surface area contributed by atoms with E-state index in [4.69, 9.17) is 0 Å². The lowest BCUT2D eigenvalue weighted by Crippen LogP contribution is -2.24. The van der Waals surface area contributed by atoms with Gasteiger partial charge in [0.1, 0.15) is 5.82 Å². The Morgan fingerprint density at radius 2 is 2.00 bits per heavy atom. The fourth-order valence-electron chi connectivity index (χ4n) is 1.78. The molecular formula is C14H14FN3O. The molecule has 0 aliphatic carbocycles. The summed E-state index contributed by atoms with van der Waals surface area (Å²) in [7, 11) is 0. The molecule has 0 aliphatic heterocycles. The van der Waals surface area contributed by atoms with Crippen molar-refractivity contribution >= 4 is 5.91 Å². The van der Waals surface area contributed by atoms with E-state index in [0.29, 0.717) is 5.56 Å². The smallest absolute Gasteiger partial charge is 0.251 e. The first kappa shape index (κ1) is 13.1. The molecule has 0 spiro atoms. The number of aryl methyl sites for hydroxylation is 2. The largest absolute Gasteiger partial charge is 0.346 e. The molecule has 5 heteroatoms. The summed E-state index contributed by atoms with van der Waals surface area (Å²) in [4.78, 5) is 20.0. The number of pyridine rings is 2. The average molecular weight is 259 g/mol. The van der Waals surface area contributed by atoms with Crippen molar-refractivity contribution in [2.45, 2.75) is 20.4 Å². The molecule has 0 fully saturated rings. The van der Waals surface area contributed by atoms with Gasteiger partial charge in [-0.15, -0.1) is 0 Å². The maximum absolute atomic E-state index is 13.3. The summed E-state index contributed by atoms with van der Waals surface area (Å²) in [6, 6.07) is 6.21. The van der Waals surface area contributed by atoms with Gasteiger partial charge in [0.05, 0.1) is 12.2 Å². The number of hydrogen-bond donors (Lipinski definition) is 1. The first-order chi connectivity index (χ1) is 9.06.